The first-order valence-electron chi connectivity index (χ1n) is 3.47. The molecule has 1 fully saturated rings. The first-order chi connectivity index (χ1) is 5.36. The van der Waals surface area contributed by atoms with Crippen LogP contribution >= 0.6 is 23.1 Å². The van der Waals surface area contributed by atoms with Crippen LogP contribution in [0.1, 0.15) is 24.8 Å². The summed E-state index contributed by atoms with van der Waals surface area (Å²) in [5.41, 5.74) is 0. The second-order valence-electron chi connectivity index (χ2n) is 2.41. The minimum Gasteiger partial charge on any atom is -0.370 e. The van der Waals surface area contributed by atoms with E-state index in [1.807, 2.05) is 0 Å². The molecule has 0 saturated carbocycles. The molecule has 3 nitrogen and oxygen atoms in total. The minimum atomic E-state index is 0.0961. The van der Waals surface area contributed by atoms with Gasteiger partial charge in [-0.2, -0.15) is 4.37 Å². The van der Waals surface area contributed by atoms with Crippen LogP contribution in [0.15, 0.2) is 0 Å². The maximum absolute atomic E-state index is 5.63. The highest BCUT2D eigenvalue weighted by Gasteiger charge is 2.21. The van der Waals surface area contributed by atoms with Crippen molar-refractivity contribution in [1.29, 1.82) is 0 Å². The van der Waals surface area contributed by atoms with Gasteiger partial charge in [-0.3, -0.25) is 0 Å². The topological polar surface area (TPSA) is 35.0 Å². The summed E-state index contributed by atoms with van der Waals surface area (Å²) in [7, 11) is 0. The van der Waals surface area contributed by atoms with Crippen LogP contribution in [0.25, 0.3) is 0 Å². The van der Waals surface area contributed by atoms with Gasteiger partial charge in [-0.1, -0.05) is 0 Å². The molecule has 1 atom stereocenters. The molecule has 1 aromatic rings. The lowest BCUT2D eigenvalue weighted by Gasteiger charge is -2.01. The molecule has 0 amide bonds. The standard InChI is InChI=1S/C6H7ClN2OS/c7-6-8-5(9-11-6)4-2-1-3-10-4/h4H,1-3H2. The van der Waals surface area contributed by atoms with Crippen molar-refractivity contribution in [2.75, 3.05) is 6.61 Å². The van der Waals surface area contributed by atoms with Crippen LogP contribution in [-0.2, 0) is 4.74 Å². The van der Waals surface area contributed by atoms with Gasteiger partial charge in [0.05, 0.1) is 0 Å². The fraction of sp³-hybridized carbons (Fsp3) is 0.667. The number of ether oxygens (including phenoxy) is 1. The van der Waals surface area contributed by atoms with Crippen LogP contribution in [0.2, 0.25) is 4.47 Å². The Kier molecular flexibility index (Phi) is 2.07. The average molecular weight is 191 g/mol. The molecular formula is C6H7ClN2OS. The molecule has 0 aliphatic carbocycles. The zero-order chi connectivity index (χ0) is 7.68. The summed E-state index contributed by atoms with van der Waals surface area (Å²) in [6.45, 7) is 0.821. The van der Waals surface area contributed by atoms with Gasteiger partial charge in [0.25, 0.3) is 0 Å². The van der Waals surface area contributed by atoms with Gasteiger partial charge in [-0.15, -0.1) is 0 Å². The average Bonchev–Trinajstić information content (AvgIpc) is 2.55. The van der Waals surface area contributed by atoms with Crippen LogP contribution in [0, 0.1) is 0 Å². The fourth-order valence-electron chi connectivity index (χ4n) is 1.13. The third kappa shape index (κ3) is 1.52. The van der Waals surface area contributed by atoms with Crippen molar-refractivity contribution in [3.63, 3.8) is 0 Å². The van der Waals surface area contributed by atoms with Crippen molar-refractivity contribution >= 4 is 23.1 Å². The summed E-state index contributed by atoms with van der Waals surface area (Å²) >= 11 is 6.84. The van der Waals surface area contributed by atoms with E-state index in [9.17, 15) is 0 Å². The van der Waals surface area contributed by atoms with Crippen LogP contribution in [0.4, 0.5) is 0 Å². The number of hydrogen-bond donors (Lipinski definition) is 0. The maximum Gasteiger partial charge on any atom is 0.203 e. The molecule has 0 radical (unpaired) electrons. The normalized spacial score (nSPS) is 24.3. The number of aromatic nitrogens is 2. The molecule has 1 aliphatic heterocycles. The molecule has 0 bridgehead atoms. The van der Waals surface area contributed by atoms with E-state index in [1.54, 1.807) is 0 Å². The van der Waals surface area contributed by atoms with Crippen LogP contribution in [0.5, 0.6) is 0 Å². The Balaban J connectivity index is 2.15. The Labute approximate surface area is 73.5 Å². The van der Waals surface area contributed by atoms with E-state index in [-0.39, 0.29) is 6.10 Å². The number of nitrogens with zero attached hydrogens (tertiary/aromatic N) is 2. The lowest BCUT2D eigenvalue weighted by atomic mass is 10.2. The van der Waals surface area contributed by atoms with Crippen LogP contribution in [0.3, 0.4) is 0 Å². The summed E-state index contributed by atoms with van der Waals surface area (Å²) < 4.78 is 9.94. The highest BCUT2D eigenvalue weighted by atomic mass is 35.5. The first kappa shape index (κ1) is 7.46. The molecule has 0 N–H and O–H groups in total. The molecule has 0 aromatic carbocycles. The summed E-state index contributed by atoms with van der Waals surface area (Å²) in [5.74, 6) is 0.748. The summed E-state index contributed by atoms with van der Waals surface area (Å²) in [5, 5.41) is 0. The lowest BCUT2D eigenvalue weighted by Crippen LogP contribution is -1.97. The largest absolute Gasteiger partial charge is 0.370 e. The number of rotatable bonds is 1. The molecule has 1 saturated heterocycles. The quantitative estimate of drug-likeness (QED) is 0.680. The Morgan fingerprint density at radius 1 is 1.64 bits per heavy atom. The van der Waals surface area contributed by atoms with E-state index >= 15 is 0 Å². The van der Waals surface area contributed by atoms with Gasteiger partial charge in [-0.25, -0.2) is 4.98 Å². The van der Waals surface area contributed by atoms with E-state index < -0.39 is 0 Å². The molecule has 60 valence electrons. The van der Waals surface area contributed by atoms with Crippen molar-refractivity contribution in [2.45, 2.75) is 18.9 Å². The molecule has 1 aromatic heterocycles. The fourth-order valence-corrected chi connectivity index (χ4v) is 1.78. The van der Waals surface area contributed by atoms with Gasteiger partial charge in [-0.05, 0) is 36.0 Å². The van der Waals surface area contributed by atoms with Crippen molar-refractivity contribution in [2.24, 2.45) is 0 Å². The molecule has 5 heteroatoms. The lowest BCUT2D eigenvalue weighted by molar-refractivity contribution is 0.106. The first-order valence-corrected chi connectivity index (χ1v) is 4.62. The van der Waals surface area contributed by atoms with E-state index in [2.05, 4.69) is 9.36 Å². The van der Waals surface area contributed by atoms with Crippen LogP contribution in [-0.4, -0.2) is 16.0 Å². The Morgan fingerprint density at radius 2 is 2.55 bits per heavy atom. The Bertz CT molecular complexity index is 246. The van der Waals surface area contributed by atoms with Crippen molar-refractivity contribution in [1.82, 2.24) is 9.36 Å². The zero-order valence-electron chi connectivity index (χ0n) is 5.79. The molecule has 0 spiro atoms. The minimum absolute atomic E-state index is 0.0961. The van der Waals surface area contributed by atoms with Gasteiger partial charge in [0.15, 0.2) is 5.82 Å². The van der Waals surface area contributed by atoms with E-state index in [0.717, 1.165) is 25.3 Å². The summed E-state index contributed by atoms with van der Waals surface area (Å²) in [6.07, 6.45) is 2.22. The van der Waals surface area contributed by atoms with Gasteiger partial charge < -0.3 is 4.74 Å². The SMILES string of the molecule is Clc1nc(C2CCCO2)ns1. The van der Waals surface area contributed by atoms with Crippen molar-refractivity contribution in [3.05, 3.63) is 10.3 Å². The molecule has 2 heterocycles. The number of hydrogen-bond acceptors (Lipinski definition) is 4. The van der Waals surface area contributed by atoms with Gasteiger partial charge in [0, 0.05) is 6.61 Å². The molecule has 1 aliphatic rings. The molecule has 2 rings (SSSR count). The highest BCUT2D eigenvalue weighted by Crippen LogP contribution is 2.27. The third-order valence-corrected chi connectivity index (χ3v) is 2.45. The second kappa shape index (κ2) is 3.05. The Hall–Kier alpha value is -0.190. The molecule has 11 heavy (non-hydrogen) atoms. The van der Waals surface area contributed by atoms with Gasteiger partial charge in [0.2, 0.25) is 4.47 Å². The summed E-state index contributed by atoms with van der Waals surface area (Å²) in [6, 6.07) is 0. The maximum atomic E-state index is 5.63. The third-order valence-electron chi connectivity index (χ3n) is 1.63. The van der Waals surface area contributed by atoms with Crippen molar-refractivity contribution < 1.29 is 4.74 Å². The number of halogens is 1. The highest BCUT2D eigenvalue weighted by molar-refractivity contribution is 7.10. The smallest absolute Gasteiger partial charge is 0.203 e. The van der Waals surface area contributed by atoms with Gasteiger partial charge >= 0.3 is 0 Å². The predicted octanol–water partition coefficient (Wildman–Crippen LogP) is 2.04. The van der Waals surface area contributed by atoms with E-state index in [4.69, 9.17) is 16.3 Å². The van der Waals surface area contributed by atoms with Crippen molar-refractivity contribution in [3.8, 4) is 0 Å². The second-order valence-corrected chi connectivity index (χ2v) is 3.74. The van der Waals surface area contributed by atoms with Gasteiger partial charge in [0.1, 0.15) is 6.10 Å². The van der Waals surface area contributed by atoms with E-state index in [0.29, 0.717) is 4.47 Å². The Morgan fingerprint density at radius 3 is 3.09 bits per heavy atom. The van der Waals surface area contributed by atoms with Crippen LogP contribution < -0.4 is 0 Å². The van der Waals surface area contributed by atoms with E-state index in [1.165, 1.54) is 11.5 Å². The zero-order valence-corrected chi connectivity index (χ0v) is 7.36. The summed E-state index contributed by atoms with van der Waals surface area (Å²) in [4.78, 5) is 4.04. The molecular weight excluding hydrogens is 184 g/mol. The monoisotopic (exact) mass is 190 g/mol. The molecule has 1 unspecified atom stereocenters. The predicted molar refractivity (Wildman–Crippen MR) is 42.8 cm³/mol.